The third-order valence-corrected chi connectivity index (χ3v) is 5.82. The molecule has 3 heterocycles. The van der Waals surface area contributed by atoms with Gasteiger partial charge in [-0.05, 0) is 38.4 Å². The molecule has 1 saturated heterocycles. The van der Waals surface area contributed by atoms with Crippen molar-refractivity contribution in [2.24, 2.45) is 7.05 Å². The maximum absolute atomic E-state index is 12.8. The number of thiazole rings is 1. The number of anilines is 1. The number of benzene rings is 1. The summed E-state index contributed by atoms with van der Waals surface area (Å²) in [6, 6.07) is 7.77. The summed E-state index contributed by atoms with van der Waals surface area (Å²) in [5, 5.41) is 5.09. The molecule has 0 aliphatic carbocycles. The summed E-state index contributed by atoms with van der Waals surface area (Å²) in [6.45, 7) is 3.68. The molecule has 4 rings (SSSR count). The Morgan fingerprint density at radius 2 is 2.11 bits per heavy atom. The zero-order chi connectivity index (χ0) is 18.8. The molecule has 0 spiro atoms. The fourth-order valence-electron chi connectivity index (χ4n) is 3.52. The number of hydrogen-bond acceptors (Lipinski definition) is 5. The van der Waals surface area contributed by atoms with Crippen LogP contribution in [-0.4, -0.2) is 37.9 Å². The lowest BCUT2D eigenvalue weighted by molar-refractivity contribution is -0.120. The van der Waals surface area contributed by atoms with Crippen molar-refractivity contribution in [2.75, 3.05) is 11.9 Å². The topological polar surface area (TPSA) is 63.1 Å². The van der Waals surface area contributed by atoms with E-state index in [-0.39, 0.29) is 11.9 Å². The number of nitrogens with zero attached hydrogens (tertiary/aromatic N) is 4. The van der Waals surface area contributed by atoms with E-state index in [1.54, 1.807) is 11.3 Å². The van der Waals surface area contributed by atoms with Crippen LogP contribution in [0.4, 0.5) is 5.69 Å². The van der Waals surface area contributed by atoms with Gasteiger partial charge in [-0.3, -0.25) is 9.69 Å². The van der Waals surface area contributed by atoms with Crippen molar-refractivity contribution in [3.8, 4) is 11.3 Å². The lowest BCUT2D eigenvalue weighted by Gasteiger charge is -2.23. The molecule has 7 heteroatoms. The number of aryl methyl sites for hydroxylation is 1. The Balaban J connectivity index is 1.41. The fourth-order valence-corrected chi connectivity index (χ4v) is 4.08. The van der Waals surface area contributed by atoms with Crippen LogP contribution in [-0.2, 0) is 18.4 Å². The monoisotopic (exact) mass is 381 g/mol. The Morgan fingerprint density at radius 1 is 1.30 bits per heavy atom. The van der Waals surface area contributed by atoms with Crippen LogP contribution < -0.4 is 5.32 Å². The molecule has 1 aliphatic rings. The van der Waals surface area contributed by atoms with Gasteiger partial charge in [-0.25, -0.2) is 9.97 Å². The molecule has 1 atom stereocenters. The maximum Gasteiger partial charge on any atom is 0.241 e. The van der Waals surface area contributed by atoms with Crippen LogP contribution in [0.25, 0.3) is 11.3 Å². The number of hydrogen-bond donors (Lipinski definition) is 1. The summed E-state index contributed by atoms with van der Waals surface area (Å²) in [5.41, 5.74) is 5.81. The maximum atomic E-state index is 12.8. The molecule has 0 saturated carbocycles. The molecule has 1 fully saturated rings. The second-order valence-corrected chi connectivity index (χ2v) is 7.64. The van der Waals surface area contributed by atoms with Gasteiger partial charge in [-0.15, -0.1) is 11.3 Å². The van der Waals surface area contributed by atoms with Crippen molar-refractivity contribution < 1.29 is 4.79 Å². The Hall–Kier alpha value is -2.51. The summed E-state index contributed by atoms with van der Waals surface area (Å²) in [6.07, 6.45) is 3.83. The van der Waals surface area contributed by atoms with Crippen molar-refractivity contribution >= 4 is 22.9 Å². The second kappa shape index (κ2) is 7.62. The molecule has 3 aromatic rings. The minimum Gasteiger partial charge on any atom is -0.334 e. The highest BCUT2D eigenvalue weighted by atomic mass is 32.1. The third kappa shape index (κ3) is 3.79. The second-order valence-electron chi connectivity index (χ2n) is 6.92. The van der Waals surface area contributed by atoms with E-state index >= 15 is 0 Å². The van der Waals surface area contributed by atoms with Crippen LogP contribution in [0.2, 0.25) is 0 Å². The zero-order valence-electron chi connectivity index (χ0n) is 15.6. The van der Waals surface area contributed by atoms with Crippen LogP contribution in [0, 0.1) is 6.92 Å². The Labute approximate surface area is 162 Å². The minimum atomic E-state index is -0.0987. The van der Waals surface area contributed by atoms with Gasteiger partial charge in [-0.2, -0.15) is 0 Å². The summed E-state index contributed by atoms with van der Waals surface area (Å²) >= 11 is 1.58. The first kappa shape index (κ1) is 17.9. The van der Waals surface area contributed by atoms with Crippen LogP contribution >= 0.6 is 11.3 Å². The van der Waals surface area contributed by atoms with Crippen LogP contribution in [0.15, 0.2) is 41.4 Å². The number of carbonyl (C=O) groups is 1. The molecule has 6 nitrogen and oxygen atoms in total. The predicted octanol–water partition coefficient (Wildman–Crippen LogP) is 3.46. The summed E-state index contributed by atoms with van der Waals surface area (Å²) < 4.78 is 2.09. The van der Waals surface area contributed by atoms with E-state index in [4.69, 9.17) is 0 Å². The highest BCUT2D eigenvalue weighted by Crippen LogP contribution is 2.24. The highest BCUT2D eigenvalue weighted by Gasteiger charge is 2.31. The van der Waals surface area contributed by atoms with Gasteiger partial charge in [0.2, 0.25) is 5.91 Å². The molecular formula is C20H23N5OS. The van der Waals surface area contributed by atoms with Gasteiger partial charge in [0, 0.05) is 36.4 Å². The van der Waals surface area contributed by atoms with E-state index in [1.807, 2.05) is 55.3 Å². The summed E-state index contributed by atoms with van der Waals surface area (Å²) in [7, 11) is 2.02. The van der Waals surface area contributed by atoms with E-state index in [9.17, 15) is 4.79 Å². The smallest absolute Gasteiger partial charge is 0.241 e. The van der Waals surface area contributed by atoms with E-state index in [1.165, 1.54) is 0 Å². The number of aromatic nitrogens is 3. The molecule has 27 heavy (non-hydrogen) atoms. The molecule has 1 unspecified atom stereocenters. The predicted molar refractivity (Wildman–Crippen MR) is 108 cm³/mol. The SMILES string of the molecule is Cc1ncc(CN2CCCC2C(=O)Nc2ccc(-c3cscn3)cc2)n1C. The lowest BCUT2D eigenvalue weighted by Crippen LogP contribution is -2.39. The molecule has 0 bridgehead atoms. The van der Waals surface area contributed by atoms with Crippen molar-refractivity contribution in [3.63, 3.8) is 0 Å². The average molecular weight is 382 g/mol. The highest BCUT2D eigenvalue weighted by molar-refractivity contribution is 7.07. The molecule has 1 aliphatic heterocycles. The van der Waals surface area contributed by atoms with E-state index < -0.39 is 0 Å². The standard InChI is InChI=1S/C20H23N5OS/c1-14-21-10-17(24(14)2)11-25-9-3-4-19(25)20(26)23-16-7-5-15(6-8-16)18-12-27-13-22-18/h5-8,10,12-13,19H,3-4,9,11H2,1-2H3,(H,23,26). The number of imidazole rings is 1. The Bertz CT molecular complexity index is 917. The van der Waals surface area contributed by atoms with Gasteiger partial charge in [-0.1, -0.05) is 12.1 Å². The van der Waals surface area contributed by atoms with Gasteiger partial charge < -0.3 is 9.88 Å². The van der Waals surface area contributed by atoms with Crippen LogP contribution in [0.5, 0.6) is 0 Å². The Kier molecular flexibility index (Phi) is 5.05. The first-order valence-electron chi connectivity index (χ1n) is 9.12. The number of amides is 1. The largest absolute Gasteiger partial charge is 0.334 e. The third-order valence-electron chi connectivity index (χ3n) is 5.23. The van der Waals surface area contributed by atoms with Gasteiger partial charge in [0.1, 0.15) is 5.82 Å². The average Bonchev–Trinajstić information content (AvgIpc) is 3.41. The van der Waals surface area contributed by atoms with Crippen molar-refractivity contribution in [2.45, 2.75) is 32.4 Å². The van der Waals surface area contributed by atoms with E-state index in [2.05, 4.69) is 24.8 Å². The number of rotatable bonds is 5. The number of likely N-dealkylation sites (tertiary alicyclic amines) is 1. The molecule has 0 radical (unpaired) electrons. The van der Waals surface area contributed by atoms with Crippen molar-refractivity contribution in [3.05, 3.63) is 52.9 Å². The van der Waals surface area contributed by atoms with Crippen LogP contribution in [0.1, 0.15) is 24.4 Å². The number of carbonyl (C=O) groups excluding carboxylic acids is 1. The molecule has 1 N–H and O–H groups in total. The molecule has 140 valence electrons. The first-order chi connectivity index (χ1) is 13.1. The first-order valence-corrected chi connectivity index (χ1v) is 10.1. The summed E-state index contributed by atoms with van der Waals surface area (Å²) in [4.78, 5) is 23.8. The van der Waals surface area contributed by atoms with E-state index in [0.717, 1.165) is 54.4 Å². The molecule has 2 aromatic heterocycles. The zero-order valence-corrected chi connectivity index (χ0v) is 16.4. The van der Waals surface area contributed by atoms with Crippen LogP contribution in [0.3, 0.4) is 0 Å². The molecule has 1 amide bonds. The Morgan fingerprint density at radius 3 is 2.78 bits per heavy atom. The van der Waals surface area contributed by atoms with Crippen molar-refractivity contribution in [1.82, 2.24) is 19.4 Å². The minimum absolute atomic E-state index is 0.0628. The fraction of sp³-hybridized carbons (Fsp3) is 0.350. The number of nitrogens with one attached hydrogen (secondary N) is 1. The molecule has 1 aromatic carbocycles. The lowest BCUT2D eigenvalue weighted by atomic mass is 10.1. The van der Waals surface area contributed by atoms with E-state index in [0.29, 0.717) is 0 Å². The van der Waals surface area contributed by atoms with Gasteiger partial charge in [0.15, 0.2) is 0 Å². The normalized spacial score (nSPS) is 17.3. The van der Waals surface area contributed by atoms with Gasteiger partial charge in [0.25, 0.3) is 0 Å². The van der Waals surface area contributed by atoms with Crippen molar-refractivity contribution in [1.29, 1.82) is 0 Å². The molecular weight excluding hydrogens is 358 g/mol. The quantitative estimate of drug-likeness (QED) is 0.735. The van der Waals surface area contributed by atoms with Gasteiger partial charge in [0.05, 0.1) is 22.9 Å². The van der Waals surface area contributed by atoms with Gasteiger partial charge >= 0.3 is 0 Å². The summed E-state index contributed by atoms with van der Waals surface area (Å²) in [5.74, 6) is 1.05.